The first-order valence-electron chi connectivity index (χ1n) is 9.38. The Morgan fingerprint density at radius 3 is 2.55 bits per heavy atom. The van der Waals surface area contributed by atoms with Crippen LogP contribution in [0.5, 0.6) is 11.5 Å². The summed E-state index contributed by atoms with van der Waals surface area (Å²) in [5.41, 5.74) is 2.21. The van der Waals surface area contributed by atoms with E-state index < -0.39 is 0 Å². The minimum Gasteiger partial charge on any atom is -0.497 e. The van der Waals surface area contributed by atoms with Gasteiger partial charge in [-0.1, -0.05) is 24.3 Å². The summed E-state index contributed by atoms with van der Waals surface area (Å²) in [6, 6.07) is 16.5. The zero-order valence-corrected chi connectivity index (χ0v) is 16.6. The smallest absolute Gasteiger partial charge is 0.259 e. The molecule has 0 saturated heterocycles. The summed E-state index contributed by atoms with van der Waals surface area (Å²) in [7, 11) is 3.17. The standard InChI is InChI=1S/C23H22N2O4/c1-14(18-12-16(28-2)10-11-20(18)29-3)24-21(26)13-25-19-9-5-7-15-6-4-8-17(22(15)19)23(25)27/h4-12,14H,13H2,1-3H3,(H,24,26). The second-order valence-electron chi connectivity index (χ2n) is 6.97. The molecular weight excluding hydrogens is 368 g/mol. The lowest BCUT2D eigenvalue weighted by Gasteiger charge is -2.21. The molecule has 0 radical (unpaired) electrons. The van der Waals surface area contributed by atoms with E-state index >= 15 is 0 Å². The molecule has 0 saturated carbocycles. The van der Waals surface area contributed by atoms with Crippen molar-refractivity contribution in [1.82, 2.24) is 5.32 Å². The Kier molecular flexibility index (Phi) is 4.84. The van der Waals surface area contributed by atoms with E-state index in [2.05, 4.69) is 5.32 Å². The van der Waals surface area contributed by atoms with Gasteiger partial charge < -0.3 is 14.8 Å². The molecule has 148 valence electrons. The third-order valence-electron chi connectivity index (χ3n) is 5.23. The van der Waals surface area contributed by atoms with Gasteiger partial charge >= 0.3 is 0 Å². The highest BCUT2D eigenvalue weighted by Crippen LogP contribution is 2.37. The molecule has 2 amide bonds. The van der Waals surface area contributed by atoms with Crippen LogP contribution in [0.25, 0.3) is 10.8 Å². The number of ether oxygens (including phenoxy) is 2. The van der Waals surface area contributed by atoms with Crippen molar-refractivity contribution < 1.29 is 19.1 Å². The molecule has 3 aromatic rings. The van der Waals surface area contributed by atoms with E-state index in [0.29, 0.717) is 17.1 Å². The Labute approximate surface area is 169 Å². The number of nitrogens with one attached hydrogen (secondary N) is 1. The van der Waals surface area contributed by atoms with Crippen LogP contribution < -0.4 is 19.7 Å². The number of hydrogen-bond donors (Lipinski definition) is 1. The second-order valence-corrected chi connectivity index (χ2v) is 6.97. The minimum absolute atomic E-state index is 0.0523. The third kappa shape index (κ3) is 3.27. The zero-order chi connectivity index (χ0) is 20.5. The zero-order valence-electron chi connectivity index (χ0n) is 16.6. The summed E-state index contributed by atoms with van der Waals surface area (Å²) >= 11 is 0. The molecule has 0 fully saturated rings. The summed E-state index contributed by atoms with van der Waals surface area (Å²) < 4.78 is 10.7. The van der Waals surface area contributed by atoms with Gasteiger partial charge in [0.05, 0.1) is 25.9 Å². The fourth-order valence-electron chi connectivity index (χ4n) is 3.82. The second kappa shape index (κ2) is 7.47. The molecule has 0 aliphatic carbocycles. The fourth-order valence-corrected chi connectivity index (χ4v) is 3.82. The predicted octanol–water partition coefficient (Wildman–Crippen LogP) is 3.69. The Morgan fingerprint density at radius 1 is 1.07 bits per heavy atom. The molecule has 1 N–H and O–H groups in total. The number of hydrogen-bond acceptors (Lipinski definition) is 4. The summed E-state index contributed by atoms with van der Waals surface area (Å²) in [5, 5.41) is 4.85. The van der Waals surface area contributed by atoms with Crippen LogP contribution in [0.3, 0.4) is 0 Å². The molecule has 0 bridgehead atoms. The lowest BCUT2D eigenvalue weighted by Crippen LogP contribution is -2.39. The lowest BCUT2D eigenvalue weighted by atomic mass is 10.1. The fraction of sp³-hybridized carbons (Fsp3) is 0.217. The Balaban J connectivity index is 1.54. The monoisotopic (exact) mass is 390 g/mol. The van der Waals surface area contributed by atoms with E-state index in [4.69, 9.17) is 9.47 Å². The van der Waals surface area contributed by atoms with Gasteiger partial charge in [-0.25, -0.2) is 0 Å². The van der Waals surface area contributed by atoms with Gasteiger partial charge in [-0.15, -0.1) is 0 Å². The van der Waals surface area contributed by atoms with Crippen molar-refractivity contribution in [2.45, 2.75) is 13.0 Å². The van der Waals surface area contributed by atoms with Gasteiger partial charge in [-0.2, -0.15) is 0 Å². The van der Waals surface area contributed by atoms with Gasteiger partial charge in [0.25, 0.3) is 5.91 Å². The molecule has 0 spiro atoms. The molecular formula is C23H22N2O4. The van der Waals surface area contributed by atoms with Crippen LogP contribution in [0, 0.1) is 0 Å². The molecule has 29 heavy (non-hydrogen) atoms. The number of rotatable bonds is 6. The van der Waals surface area contributed by atoms with E-state index in [1.54, 1.807) is 32.4 Å². The van der Waals surface area contributed by atoms with Gasteiger partial charge in [-0.05, 0) is 42.6 Å². The number of anilines is 1. The molecule has 0 aromatic heterocycles. The summed E-state index contributed by atoms with van der Waals surface area (Å²) in [4.78, 5) is 27.2. The van der Waals surface area contributed by atoms with Crippen LogP contribution in [0.2, 0.25) is 0 Å². The molecule has 1 heterocycles. The number of methoxy groups -OCH3 is 2. The van der Waals surface area contributed by atoms with E-state index in [1.165, 1.54) is 4.90 Å². The number of carbonyl (C=O) groups excluding carboxylic acids is 2. The molecule has 6 heteroatoms. The van der Waals surface area contributed by atoms with Gasteiger partial charge in [0.1, 0.15) is 18.0 Å². The maximum atomic E-state index is 12.9. The third-order valence-corrected chi connectivity index (χ3v) is 5.23. The Hall–Kier alpha value is -3.54. The number of benzene rings is 3. The van der Waals surface area contributed by atoms with Crippen LogP contribution >= 0.6 is 0 Å². The number of nitrogens with zero attached hydrogens (tertiary/aromatic N) is 1. The van der Waals surface area contributed by atoms with Gasteiger partial charge in [-0.3, -0.25) is 14.5 Å². The summed E-state index contributed by atoms with van der Waals surface area (Å²) in [5.74, 6) is 0.936. The molecule has 6 nitrogen and oxygen atoms in total. The van der Waals surface area contributed by atoms with E-state index in [0.717, 1.165) is 22.0 Å². The SMILES string of the molecule is COc1ccc(OC)c(C(C)NC(=O)CN2C(=O)c3cccc4cccc2c34)c1. The maximum absolute atomic E-state index is 12.9. The van der Waals surface area contributed by atoms with Crippen molar-refractivity contribution in [3.8, 4) is 11.5 Å². The topological polar surface area (TPSA) is 67.9 Å². The normalized spacial score (nSPS) is 13.5. The first kappa shape index (κ1) is 18.8. The summed E-state index contributed by atoms with van der Waals surface area (Å²) in [6.45, 7) is 1.82. The average molecular weight is 390 g/mol. The highest BCUT2D eigenvalue weighted by molar-refractivity contribution is 6.26. The van der Waals surface area contributed by atoms with Crippen LogP contribution in [-0.2, 0) is 4.79 Å². The number of carbonyl (C=O) groups is 2. The van der Waals surface area contributed by atoms with Gasteiger partial charge in [0.2, 0.25) is 5.91 Å². The molecule has 4 rings (SSSR count). The van der Waals surface area contributed by atoms with Crippen LogP contribution in [-0.4, -0.2) is 32.6 Å². The Morgan fingerprint density at radius 2 is 1.83 bits per heavy atom. The lowest BCUT2D eigenvalue weighted by molar-refractivity contribution is -0.120. The molecule has 1 atom stereocenters. The molecule has 1 aliphatic heterocycles. The highest BCUT2D eigenvalue weighted by atomic mass is 16.5. The van der Waals surface area contributed by atoms with Crippen LogP contribution in [0.4, 0.5) is 5.69 Å². The van der Waals surface area contributed by atoms with Crippen LogP contribution in [0.1, 0.15) is 28.9 Å². The van der Waals surface area contributed by atoms with E-state index in [9.17, 15) is 9.59 Å². The van der Waals surface area contributed by atoms with Crippen molar-refractivity contribution in [3.63, 3.8) is 0 Å². The van der Waals surface area contributed by atoms with Crippen molar-refractivity contribution in [3.05, 3.63) is 65.7 Å². The van der Waals surface area contributed by atoms with Crippen molar-refractivity contribution in [1.29, 1.82) is 0 Å². The predicted molar refractivity (Wildman–Crippen MR) is 112 cm³/mol. The summed E-state index contributed by atoms with van der Waals surface area (Å²) in [6.07, 6.45) is 0. The molecule has 1 unspecified atom stereocenters. The highest BCUT2D eigenvalue weighted by Gasteiger charge is 2.31. The van der Waals surface area contributed by atoms with E-state index in [1.807, 2.05) is 43.3 Å². The maximum Gasteiger partial charge on any atom is 0.259 e. The van der Waals surface area contributed by atoms with Crippen LogP contribution in [0.15, 0.2) is 54.6 Å². The average Bonchev–Trinajstić information content (AvgIpc) is 3.01. The van der Waals surface area contributed by atoms with E-state index in [-0.39, 0.29) is 24.4 Å². The molecule has 3 aromatic carbocycles. The van der Waals surface area contributed by atoms with Crippen molar-refractivity contribution in [2.24, 2.45) is 0 Å². The largest absolute Gasteiger partial charge is 0.497 e. The van der Waals surface area contributed by atoms with Gasteiger partial charge in [0.15, 0.2) is 0 Å². The first-order chi connectivity index (χ1) is 14.0. The first-order valence-corrected chi connectivity index (χ1v) is 9.38. The van der Waals surface area contributed by atoms with Gasteiger partial charge in [0, 0.05) is 16.5 Å². The molecule has 1 aliphatic rings. The number of amides is 2. The van der Waals surface area contributed by atoms with Crippen molar-refractivity contribution in [2.75, 3.05) is 25.7 Å². The van der Waals surface area contributed by atoms with Crippen molar-refractivity contribution >= 4 is 28.3 Å². The Bertz CT molecular complexity index is 1100. The quantitative estimate of drug-likeness (QED) is 0.697. The minimum atomic E-state index is -0.316.